The third-order valence-electron chi connectivity index (χ3n) is 3.58. The van der Waals surface area contributed by atoms with Crippen LogP contribution in [0.2, 0.25) is 5.02 Å². The zero-order valence-electron chi connectivity index (χ0n) is 11.9. The number of hydrogen-bond donors (Lipinski definition) is 1. The number of halogens is 2. The lowest BCUT2D eigenvalue weighted by molar-refractivity contribution is -0.138. The van der Waals surface area contributed by atoms with Gasteiger partial charge in [0.15, 0.2) is 0 Å². The van der Waals surface area contributed by atoms with E-state index in [9.17, 15) is 14.3 Å². The molecule has 2 aromatic rings. The minimum atomic E-state index is -0.983. The van der Waals surface area contributed by atoms with Gasteiger partial charge in [-0.15, -0.1) is 0 Å². The van der Waals surface area contributed by atoms with Crippen molar-refractivity contribution < 1.29 is 14.3 Å². The van der Waals surface area contributed by atoms with Gasteiger partial charge in [-0.25, -0.2) is 4.39 Å². The number of rotatable bonds is 4. The number of hydrogen-bond acceptors (Lipinski definition) is 1. The quantitative estimate of drug-likeness (QED) is 0.902. The maximum absolute atomic E-state index is 13.9. The SMILES string of the molecule is Cc1ccc(C)c(C(Cc2c(F)cccc2Cl)C(=O)O)c1. The molecule has 0 saturated carbocycles. The van der Waals surface area contributed by atoms with Crippen LogP contribution in [0.3, 0.4) is 0 Å². The van der Waals surface area contributed by atoms with Crippen LogP contribution in [0.1, 0.15) is 28.2 Å². The van der Waals surface area contributed by atoms with Crippen molar-refractivity contribution in [2.75, 3.05) is 0 Å². The highest BCUT2D eigenvalue weighted by atomic mass is 35.5. The Balaban J connectivity index is 2.46. The number of carboxylic acids is 1. The topological polar surface area (TPSA) is 37.3 Å². The van der Waals surface area contributed by atoms with Crippen molar-refractivity contribution in [3.63, 3.8) is 0 Å². The third kappa shape index (κ3) is 3.42. The molecule has 4 heteroatoms. The molecule has 0 fully saturated rings. The van der Waals surface area contributed by atoms with Gasteiger partial charge in [0.25, 0.3) is 0 Å². The van der Waals surface area contributed by atoms with E-state index >= 15 is 0 Å². The minimum absolute atomic E-state index is 0.0329. The molecule has 110 valence electrons. The number of carboxylic acid groups (broad SMARTS) is 1. The van der Waals surface area contributed by atoms with Gasteiger partial charge < -0.3 is 5.11 Å². The van der Waals surface area contributed by atoms with Crippen molar-refractivity contribution in [2.24, 2.45) is 0 Å². The molecule has 1 unspecified atom stereocenters. The number of aryl methyl sites for hydroxylation is 2. The van der Waals surface area contributed by atoms with Crippen molar-refractivity contribution in [1.29, 1.82) is 0 Å². The molecule has 0 aliphatic heterocycles. The van der Waals surface area contributed by atoms with E-state index in [4.69, 9.17) is 11.6 Å². The highest BCUT2D eigenvalue weighted by Gasteiger charge is 2.24. The fraction of sp³-hybridized carbons (Fsp3) is 0.235. The molecule has 2 rings (SSSR count). The Hall–Kier alpha value is -1.87. The number of benzene rings is 2. The van der Waals surface area contributed by atoms with Gasteiger partial charge >= 0.3 is 5.97 Å². The average molecular weight is 307 g/mol. The summed E-state index contributed by atoms with van der Waals surface area (Å²) in [5, 5.41) is 9.78. The molecule has 0 aliphatic rings. The fourth-order valence-corrected chi connectivity index (χ4v) is 2.64. The fourth-order valence-electron chi connectivity index (χ4n) is 2.40. The maximum atomic E-state index is 13.9. The second kappa shape index (κ2) is 6.27. The van der Waals surface area contributed by atoms with E-state index in [2.05, 4.69) is 0 Å². The Labute approximate surface area is 128 Å². The largest absolute Gasteiger partial charge is 0.481 e. The Kier molecular flexibility index (Phi) is 4.63. The first-order chi connectivity index (χ1) is 9.90. The van der Waals surface area contributed by atoms with Crippen LogP contribution in [-0.4, -0.2) is 11.1 Å². The average Bonchev–Trinajstić information content (AvgIpc) is 2.41. The molecule has 0 spiro atoms. The normalized spacial score (nSPS) is 12.2. The van der Waals surface area contributed by atoms with E-state index in [0.29, 0.717) is 5.56 Å². The van der Waals surface area contributed by atoms with Crippen molar-refractivity contribution in [2.45, 2.75) is 26.2 Å². The Morgan fingerprint density at radius 2 is 2.00 bits per heavy atom. The predicted molar refractivity (Wildman–Crippen MR) is 81.4 cm³/mol. The first-order valence-electron chi connectivity index (χ1n) is 6.63. The summed E-state index contributed by atoms with van der Waals surface area (Å²) in [6, 6.07) is 10.0. The summed E-state index contributed by atoms with van der Waals surface area (Å²) in [4.78, 5) is 11.6. The molecule has 0 saturated heterocycles. The van der Waals surface area contributed by atoms with Gasteiger partial charge in [0.1, 0.15) is 5.82 Å². The zero-order valence-corrected chi connectivity index (χ0v) is 12.6. The first-order valence-corrected chi connectivity index (χ1v) is 7.00. The van der Waals surface area contributed by atoms with Crippen molar-refractivity contribution in [3.05, 3.63) is 69.5 Å². The van der Waals surface area contributed by atoms with Crippen molar-refractivity contribution >= 4 is 17.6 Å². The van der Waals surface area contributed by atoms with E-state index in [-0.39, 0.29) is 17.0 Å². The van der Waals surface area contributed by atoms with Crippen LogP contribution in [0.25, 0.3) is 0 Å². The van der Waals surface area contributed by atoms with Crippen LogP contribution >= 0.6 is 11.6 Å². The summed E-state index contributed by atoms with van der Waals surface area (Å²) in [7, 11) is 0. The molecule has 0 heterocycles. The molecule has 0 bridgehead atoms. The summed E-state index contributed by atoms with van der Waals surface area (Å²) in [6.45, 7) is 3.76. The highest BCUT2D eigenvalue weighted by Crippen LogP contribution is 2.29. The molecule has 0 amide bonds. The molecule has 0 aromatic heterocycles. The summed E-state index contributed by atoms with van der Waals surface area (Å²) in [5.74, 6) is -2.28. The highest BCUT2D eigenvalue weighted by molar-refractivity contribution is 6.31. The molecular weight excluding hydrogens is 291 g/mol. The second-order valence-corrected chi connectivity index (χ2v) is 5.56. The van der Waals surface area contributed by atoms with Crippen molar-refractivity contribution in [1.82, 2.24) is 0 Å². The summed E-state index contributed by atoms with van der Waals surface area (Å²) in [5.41, 5.74) is 2.79. The van der Waals surface area contributed by atoms with E-state index in [1.54, 1.807) is 6.07 Å². The smallest absolute Gasteiger partial charge is 0.311 e. The number of aliphatic carboxylic acids is 1. The zero-order chi connectivity index (χ0) is 15.6. The number of carbonyl (C=O) groups is 1. The minimum Gasteiger partial charge on any atom is -0.481 e. The van der Waals surface area contributed by atoms with Gasteiger partial charge in [0, 0.05) is 10.6 Å². The molecule has 2 aromatic carbocycles. The van der Waals surface area contributed by atoms with Gasteiger partial charge in [-0.2, -0.15) is 0 Å². The van der Waals surface area contributed by atoms with Gasteiger partial charge in [-0.1, -0.05) is 41.4 Å². The van der Waals surface area contributed by atoms with E-state index in [1.165, 1.54) is 12.1 Å². The van der Waals surface area contributed by atoms with Crippen molar-refractivity contribution in [3.8, 4) is 0 Å². The van der Waals surface area contributed by atoms with Crippen LogP contribution in [0.5, 0.6) is 0 Å². The van der Waals surface area contributed by atoms with Gasteiger partial charge in [0.05, 0.1) is 5.92 Å². The molecule has 0 radical (unpaired) electrons. The second-order valence-electron chi connectivity index (χ2n) is 5.16. The lowest BCUT2D eigenvalue weighted by Gasteiger charge is -2.17. The van der Waals surface area contributed by atoms with E-state index in [0.717, 1.165) is 11.1 Å². The van der Waals surface area contributed by atoms with Gasteiger partial charge in [-0.3, -0.25) is 4.79 Å². The molecule has 21 heavy (non-hydrogen) atoms. The van der Waals surface area contributed by atoms with Crippen LogP contribution in [0.4, 0.5) is 4.39 Å². The maximum Gasteiger partial charge on any atom is 0.311 e. The lowest BCUT2D eigenvalue weighted by Crippen LogP contribution is -2.16. The molecule has 2 nitrogen and oxygen atoms in total. The van der Waals surface area contributed by atoms with Crippen LogP contribution < -0.4 is 0 Å². The predicted octanol–water partition coefficient (Wildman–Crippen LogP) is 4.51. The first kappa shape index (κ1) is 15.5. The van der Waals surface area contributed by atoms with Gasteiger partial charge in [-0.05, 0) is 43.5 Å². The molecule has 0 aliphatic carbocycles. The molecule has 1 N–H and O–H groups in total. The summed E-state index contributed by atoms with van der Waals surface area (Å²) < 4.78 is 13.9. The Morgan fingerprint density at radius 1 is 1.29 bits per heavy atom. The lowest BCUT2D eigenvalue weighted by atomic mass is 9.88. The third-order valence-corrected chi connectivity index (χ3v) is 3.93. The summed E-state index contributed by atoms with van der Waals surface area (Å²) >= 11 is 6.00. The molecular formula is C17H16ClFO2. The van der Waals surface area contributed by atoms with Crippen LogP contribution in [-0.2, 0) is 11.2 Å². The monoisotopic (exact) mass is 306 g/mol. The summed E-state index contributed by atoms with van der Waals surface area (Å²) in [6.07, 6.45) is 0.0329. The standard InChI is InChI=1S/C17H16ClFO2/c1-10-6-7-11(2)12(8-10)13(17(20)21)9-14-15(18)4-3-5-16(14)19/h3-8,13H,9H2,1-2H3,(H,20,21). The van der Waals surface area contributed by atoms with Crippen LogP contribution in [0.15, 0.2) is 36.4 Å². The Bertz CT molecular complexity index is 662. The van der Waals surface area contributed by atoms with E-state index < -0.39 is 17.7 Å². The van der Waals surface area contributed by atoms with E-state index in [1.807, 2.05) is 32.0 Å². The molecule has 1 atom stereocenters. The van der Waals surface area contributed by atoms with Crippen LogP contribution in [0, 0.1) is 19.7 Å². The Morgan fingerprint density at radius 3 is 2.62 bits per heavy atom. The van der Waals surface area contributed by atoms with Gasteiger partial charge in [0.2, 0.25) is 0 Å².